The maximum atomic E-state index is 11.9. The summed E-state index contributed by atoms with van der Waals surface area (Å²) in [5.41, 5.74) is 0. The Balaban J connectivity index is 1.82. The molecule has 0 fully saturated rings. The number of aromatic nitrogens is 2. The minimum Gasteiger partial charge on any atom is -0.300 e. The van der Waals surface area contributed by atoms with Crippen LogP contribution in [0.5, 0.6) is 0 Å². The van der Waals surface area contributed by atoms with Crippen LogP contribution in [-0.2, 0) is 14.8 Å². The summed E-state index contributed by atoms with van der Waals surface area (Å²) < 4.78 is 26.2. The summed E-state index contributed by atoms with van der Waals surface area (Å²) in [5, 5.41) is 11.2. The lowest BCUT2D eigenvalue weighted by Gasteiger charge is -2.06. The third-order valence-corrected chi connectivity index (χ3v) is 4.70. The molecular formula is C12H14N4O3S2. The van der Waals surface area contributed by atoms with Crippen LogP contribution in [0.25, 0.3) is 0 Å². The molecule has 7 nitrogen and oxygen atoms in total. The van der Waals surface area contributed by atoms with Gasteiger partial charge in [-0.1, -0.05) is 29.5 Å². The number of benzene rings is 1. The van der Waals surface area contributed by atoms with E-state index in [1.165, 1.54) is 23.5 Å². The molecule has 0 saturated heterocycles. The van der Waals surface area contributed by atoms with E-state index in [0.717, 1.165) is 5.01 Å². The standard InChI is InChI=1S/C12H14N4O3S2/c1-9-15-16-12(20-9)14-11(17)7-8-13-21(18,19)10-5-3-2-4-6-10/h2-6,13H,7-8H2,1H3,(H,14,16,17). The summed E-state index contributed by atoms with van der Waals surface area (Å²) in [4.78, 5) is 11.8. The van der Waals surface area contributed by atoms with Crippen molar-refractivity contribution in [2.45, 2.75) is 18.2 Å². The Morgan fingerprint density at radius 2 is 1.95 bits per heavy atom. The molecule has 1 amide bonds. The van der Waals surface area contributed by atoms with Gasteiger partial charge in [-0.25, -0.2) is 13.1 Å². The molecule has 2 N–H and O–H groups in total. The van der Waals surface area contributed by atoms with Gasteiger partial charge in [0.25, 0.3) is 0 Å². The van der Waals surface area contributed by atoms with Gasteiger partial charge in [0.05, 0.1) is 4.90 Å². The molecule has 9 heteroatoms. The fourth-order valence-electron chi connectivity index (χ4n) is 1.51. The molecule has 0 aliphatic carbocycles. The molecule has 1 aromatic heterocycles. The zero-order chi connectivity index (χ0) is 15.3. The smallest absolute Gasteiger partial charge is 0.240 e. The quantitative estimate of drug-likeness (QED) is 0.829. The third kappa shape index (κ3) is 4.59. The van der Waals surface area contributed by atoms with Gasteiger partial charge in [0.2, 0.25) is 21.1 Å². The third-order valence-electron chi connectivity index (χ3n) is 2.47. The zero-order valence-electron chi connectivity index (χ0n) is 11.2. The molecule has 0 aliphatic rings. The highest BCUT2D eigenvalue weighted by atomic mass is 32.2. The molecule has 0 saturated carbocycles. The summed E-state index contributed by atoms with van der Waals surface area (Å²) in [5.74, 6) is -0.318. The highest BCUT2D eigenvalue weighted by molar-refractivity contribution is 7.89. The first-order valence-electron chi connectivity index (χ1n) is 6.12. The number of carbonyl (C=O) groups is 1. The first-order valence-corrected chi connectivity index (χ1v) is 8.42. The van der Waals surface area contributed by atoms with Gasteiger partial charge in [0.15, 0.2) is 0 Å². The van der Waals surface area contributed by atoms with Crippen LogP contribution >= 0.6 is 11.3 Å². The first kappa shape index (κ1) is 15.5. The van der Waals surface area contributed by atoms with Crippen molar-refractivity contribution in [3.05, 3.63) is 35.3 Å². The Labute approximate surface area is 126 Å². The second kappa shape index (κ2) is 6.74. The lowest BCUT2D eigenvalue weighted by atomic mass is 10.4. The van der Waals surface area contributed by atoms with E-state index in [1.807, 2.05) is 0 Å². The minimum absolute atomic E-state index is 0.0147. The van der Waals surface area contributed by atoms with Gasteiger partial charge in [-0.2, -0.15) is 0 Å². The van der Waals surface area contributed by atoms with Crippen molar-refractivity contribution < 1.29 is 13.2 Å². The largest absolute Gasteiger partial charge is 0.300 e. The fourth-order valence-corrected chi connectivity index (χ4v) is 3.17. The Bertz CT molecular complexity index is 713. The van der Waals surface area contributed by atoms with Crippen molar-refractivity contribution >= 4 is 32.4 Å². The normalized spacial score (nSPS) is 11.3. The number of hydrogen-bond acceptors (Lipinski definition) is 6. The number of nitrogens with one attached hydrogen (secondary N) is 2. The van der Waals surface area contributed by atoms with E-state index in [4.69, 9.17) is 0 Å². The summed E-state index contributed by atoms with van der Waals surface area (Å²) in [6.45, 7) is 1.79. The van der Waals surface area contributed by atoms with Crippen LogP contribution in [0.15, 0.2) is 35.2 Å². The molecule has 1 aromatic carbocycles. The van der Waals surface area contributed by atoms with E-state index >= 15 is 0 Å². The van der Waals surface area contributed by atoms with Crippen molar-refractivity contribution in [1.82, 2.24) is 14.9 Å². The molecule has 0 spiro atoms. The van der Waals surface area contributed by atoms with Crippen LogP contribution in [0, 0.1) is 6.92 Å². The van der Waals surface area contributed by atoms with Gasteiger partial charge in [-0.15, -0.1) is 10.2 Å². The van der Waals surface area contributed by atoms with Gasteiger partial charge in [0, 0.05) is 13.0 Å². The van der Waals surface area contributed by atoms with E-state index in [0.29, 0.717) is 5.13 Å². The maximum absolute atomic E-state index is 11.9. The number of rotatable bonds is 6. The molecule has 2 aromatic rings. The topological polar surface area (TPSA) is 101 Å². The molecule has 0 aliphatic heterocycles. The maximum Gasteiger partial charge on any atom is 0.240 e. The average molecular weight is 326 g/mol. The monoisotopic (exact) mass is 326 g/mol. The number of anilines is 1. The van der Waals surface area contributed by atoms with Crippen LogP contribution in [0.1, 0.15) is 11.4 Å². The predicted octanol–water partition coefficient (Wildman–Crippen LogP) is 1.15. The van der Waals surface area contributed by atoms with Gasteiger partial charge >= 0.3 is 0 Å². The molecule has 0 bridgehead atoms. The summed E-state index contributed by atoms with van der Waals surface area (Å²) in [6.07, 6.45) is 0.0185. The van der Waals surface area contributed by atoms with Crippen molar-refractivity contribution in [2.24, 2.45) is 0 Å². The highest BCUT2D eigenvalue weighted by Gasteiger charge is 2.13. The van der Waals surface area contributed by atoms with E-state index in [1.54, 1.807) is 25.1 Å². The number of sulfonamides is 1. The fraction of sp³-hybridized carbons (Fsp3) is 0.250. The Morgan fingerprint density at radius 1 is 1.24 bits per heavy atom. The number of hydrogen-bond donors (Lipinski definition) is 2. The number of nitrogens with zero attached hydrogens (tertiary/aromatic N) is 2. The zero-order valence-corrected chi connectivity index (χ0v) is 12.9. The highest BCUT2D eigenvalue weighted by Crippen LogP contribution is 2.13. The minimum atomic E-state index is -3.58. The number of aryl methyl sites for hydroxylation is 1. The molecule has 0 unspecified atom stereocenters. The van der Waals surface area contributed by atoms with Crippen LogP contribution in [0.3, 0.4) is 0 Å². The van der Waals surface area contributed by atoms with Gasteiger partial charge in [0.1, 0.15) is 5.01 Å². The average Bonchev–Trinajstić information content (AvgIpc) is 2.85. The van der Waals surface area contributed by atoms with Crippen molar-refractivity contribution in [1.29, 1.82) is 0 Å². The molecule has 0 atom stereocenters. The van der Waals surface area contributed by atoms with Crippen molar-refractivity contribution in [3.63, 3.8) is 0 Å². The van der Waals surface area contributed by atoms with Gasteiger partial charge in [-0.3, -0.25) is 4.79 Å². The van der Waals surface area contributed by atoms with E-state index in [-0.39, 0.29) is 23.8 Å². The van der Waals surface area contributed by atoms with Crippen LogP contribution in [0.2, 0.25) is 0 Å². The Morgan fingerprint density at radius 3 is 2.57 bits per heavy atom. The second-order valence-corrected chi connectivity index (χ2v) is 7.08. The Hall–Kier alpha value is -1.84. The van der Waals surface area contributed by atoms with Crippen molar-refractivity contribution in [3.8, 4) is 0 Å². The number of amides is 1. The van der Waals surface area contributed by atoms with Gasteiger partial charge in [-0.05, 0) is 19.1 Å². The molecule has 1 heterocycles. The SMILES string of the molecule is Cc1nnc(NC(=O)CCNS(=O)(=O)c2ccccc2)s1. The van der Waals surface area contributed by atoms with Crippen LogP contribution in [-0.4, -0.2) is 31.1 Å². The molecular weight excluding hydrogens is 312 g/mol. The van der Waals surface area contributed by atoms with Gasteiger partial charge < -0.3 is 5.32 Å². The molecule has 112 valence electrons. The van der Waals surface area contributed by atoms with E-state index in [2.05, 4.69) is 20.2 Å². The summed E-state index contributed by atoms with van der Waals surface area (Å²) in [6, 6.07) is 7.99. The van der Waals surface area contributed by atoms with Crippen LogP contribution < -0.4 is 10.0 Å². The number of carbonyl (C=O) groups excluding carboxylic acids is 1. The van der Waals surface area contributed by atoms with E-state index < -0.39 is 10.0 Å². The van der Waals surface area contributed by atoms with Crippen LogP contribution in [0.4, 0.5) is 5.13 Å². The molecule has 0 radical (unpaired) electrons. The lowest BCUT2D eigenvalue weighted by molar-refractivity contribution is -0.116. The first-order chi connectivity index (χ1) is 9.97. The molecule has 2 rings (SSSR count). The van der Waals surface area contributed by atoms with E-state index in [9.17, 15) is 13.2 Å². The lowest BCUT2D eigenvalue weighted by Crippen LogP contribution is -2.27. The predicted molar refractivity (Wildman–Crippen MR) is 79.5 cm³/mol. The van der Waals surface area contributed by atoms with Crippen molar-refractivity contribution in [2.75, 3.05) is 11.9 Å². The molecule has 21 heavy (non-hydrogen) atoms. The summed E-state index contributed by atoms with van der Waals surface area (Å²) >= 11 is 1.26. The second-order valence-electron chi connectivity index (χ2n) is 4.14. The Kier molecular flexibility index (Phi) is 4.99. The summed E-state index contributed by atoms with van der Waals surface area (Å²) in [7, 11) is -3.58.